The van der Waals surface area contributed by atoms with Crippen LogP contribution in [-0.4, -0.2) is 11.9 Å². The quantitative estimate of drug-likeness (QED) is 0.441. The van der Waals surface area contributed by atoms with Crippen LogP contribution in [0.2, 0.25) is 0 Å². The fourth-order valence-electron chi connectivity index (χ4n) is 0.276. The Morgan fingerprint density at radius 3 is 2.50 bits per heavy atom. The minimum absolute atomic E-state index is 0.0660. The predicted octanol–water partition coefficient (Wildman–Crippen LogP) is -1.18. The summed E-state index contributed by atoms with van der Waals surface area (Å²) in [5, 5.41) is 0. The van der Waals surface area contributed by atoms with Crippen LogP contribution in [0.15, 0.2) is 0 Å². The van der Waals surface area contributed by atoms with E-state index in [9.17, 15) is 4.79 Å². The topological polar surface area (TPSA) is 69.1 Å². The summed E-state index contributed by atoms with van der Waals surface area (Å²) in [5.74, 6) is 1.71. The van der Waals surface area contributed by atoms with Crippen molar-refractivity contribution >= 4 is 5.91 Å². The molecule has 0 aromatic heterocycles. The molecule has 0 heterocycles. The predicted molar refractivity (Wildman–Crippen MR) is 30.6 cm³/mol. The molecule has 0 saturated heterocycles. The van der Waals surface area contributed by atoms with Crippen molar-refractivity contribution in [3.05, 3.63) is 0 Å². The summed E-state index contributed by atoms with van der Waals surface area (Å²) < 4.78 is 0. The van der Waals surface area contributed by atoms with E-state index in [1.165, 1.54) is 0 Å². The first-order valence-electron chi connectivity index (χ1n) is 2.17. The maximum absolute atomic E-state index is 10.0. The molecule has 0 rings (SSSR count). The lowest BCUT2D eigenvalue weighted by Crippen LogP contribution is -2.25. The number of carbonyl (C=O) groups is 1. The van der Waals surface area contributed by atoms with Crippen LogP contribution in [0.5, 0.6) is 0 Å². The van der Waals surface area contributed by atoms with Crippen LogP contribution in [0.4, 0.5) is 0 Å². The van der Waals surface area contributed by atoms with Crippen molar-refractivity contribution < 1.29 is 4.79 Å². The van der Waals surface area contributed by atoms with Gasteiger partial charge in [-0.25, -0.2) is 0 Å². The molecule has 4 N–H and O–H groups in total. The van der Waals surface area contributed by atoms with Gasteiger partial charge in [0.25, 0.3) is 0 Å². The monoisotopic (exact) mass is 112 g/mol. The number of hydrogen-bond acceptors (Lipinski definition) is 2. The summed E-state index contributed by atoms with van der Waals surface area (Å²) in [6.07, 6.45) is 4.90. The molecule has 1 atom stereocenters. The third kappa shape index (κ3) is 3.19. The van der Waals surface area contributed by atoms with E-state index in [0.717, 1.165) is 0 Å². The molecule has 3 heteroatoms. The molecular weight excluding hydrogens is 104 g/mol. The van der Waals surface area contributed by atoms with Crippen molar-refractivity contribution in [2.75, 3.05) is 0 Å². The van der Waals surface area contributed by atoms with E-state index >= 15 is 0 Å². The van der Waals surface area contributed by atoms with Crippen LogP contribution in [0, 0.1) is 12.3 Å². The largest absolute Gasteiger partial charge is 0.370 e. The van der Waals surface area contributed by atoms with Crippen LogP contribution in [0.1, 0.15) is 6.42 Å². The van der Waals surface area contributed by atoms with E-state index in [-0.39, 0.29) is 6.42 Å². The third-order valence-electron chi connectivity index (χ3n) is 0.635. The highest BCUT2D eigenvalue weighted by atomic mass is 16.1. The van der Waals surface area contributed by atoms with Crippen LogP contribution >= 0.6 is 0 Å². The molecular formula is C5H8N2O. The standard InChI is InChI=1S/C5H8N2O/c1-2-4(6)3-5(7)8/h1,4H,3,6H2,(H2,7,8). The first-order chi connectivity index (χ1) is 3.66. The highest BCUT2D eigenvalue weighted by Gasteiger charge is 1.99. The molecule has 0 fully saturated rings. The normalized spacial score (nSPS) is 12.0. The van der Waals surface area contributed by atoms with Gasteiger partial charge < -0.3 is 11.5 Å². The number of nitrogens with two attached hydrogens (primary N) is 2. The lowest BCUT2D eigenvalue weighted by atomic mass is 10.2. The van der Waals surface area contributed by atoms with Gasteiger partial charge in [-0.2, -0.15) is 0 Å². The Bertz CT molecular complexity index is 125. The Morgan fingerprint density at radius 1 is 1.88 bits per heavy atom. The first-order valence-corrected chi connectivity index (χ1v) is 2.17. The van der Waals surface area contributed by atoms with Crippen LogP contribution in [0.3, 0.4) is 0 Å². The third-order valence-corrected chi connectivity index (χ3v) is 0.635. The van der Waals surface area contributed by atoms with E-state index in [0.29, 0.717) is 0 Å². The van der Waals surface area contributed by atoms with Crippen molar-refractivity contribution in [3.63, 3.8) is 0 Å². The number of carbonyl (C=O) groups excluding carboxylic acids is 1. The summed E-state index contributed by atoms with van der Waals surface area (Å²) in [7, 11) is 0. The van der Waals surface area contributed by atoms with Gasteiger partial charge in [-0.05, 0) is 0 Å². The smallest absolute Gasteiger partial charge is 0.219 e. The molecule has 0 aromatic carbocycles. The molecule has 1 amide bonds. The van der Waals surface area contributed by atoms with Crippen LogP contribution in [0.25, 0.3) is 0 Å². The van der Waals surface area contributed by atoms with Crippen molar-refractivity contribution in [1.82, 2.24) is 0 Å². The summed E-state index contributed by atoms with van der Waals surface area (Å²) >= 11 is 0. The highest BCUT2D eigenvalue weighted by Crippen LogP contribution is 1.80. The molecule has 0 saturated carbocycles. The van der Waals surface area contributed by atoms with Gasteiger partial charge in [0, 0.05) is 0 Å². The molecule has 3 nitrogen and oxygen atoms in total. The molecule has 0 radical (unpaired) electrons. The minimum Gasteiger partial charge on any atom is -0.370 e. The van der Waals surface area contributed by atoms with Crippen LogP contribution < -0.4 is 11.5 Å². The Morgan fingerprint density at radius 2 is 2.38 bits per heavy atom. The lowest BCUT2D eigenvalue weighted by molar-refractivity contribution is -0.118. The Labute approximate surface area is 48.0 Å². The van der Waals surface area contributed by atoms with Crippen molar-refractivity contribution in [3.8, 4) is 12.3 Å². The van der Waals surface area contributed by atoms with Gasteiger partial charge in [-0.15, -0.1) is 6.42 Å². The van der Waals surface area contributed by atoms with Gasteiger partial charge in [0.15, 0.2) is 0 Å². The zero-order chi connectivity index (χ0) is 6.57. The minimum atomic E-state index is -0.521. The van der Waals surface area contributed by atoms with Gasteiger partial charge in [-0.3, -0.25) is 4.79 Å². The van der Waals surface area contributed by atoms with Gasteiger partial charge in [0.2, 0.25) is 5.91 Å². The van der Waals surface area contributed by atoms with Crippen molar-refractivity contribution in [2.45, 2.75) is 12.5 Å². The summed E-state index contributed by atoms with van der Waals surface area (Å²) in [5.41, 5.74) is 9.89. The lowest BCUT2D eigenvalue weighted by Gasteiger charge is -1.95. The van der Waals surface area contributed by atoms with Gasteiger partial charge >= 0.3 is 0 Å². The van der Waals surface area contributed by atoms with E-state index in [2.05, 4.69) is 5.92 Å². The second-order valence-corrected chi connectivity index (χ2v) is 1.44. The summed E-state index contributed by atoms with van der Waals surface area (Å²) in [6.45, 7) is 0. The SMILES string of the molecule is C#CC(N)CC(N)=O. The molecule has 0 aliphatic carbocycles. The number of amides is 1. The van der Waals surface area contributed by atoms with E-state index in [1.54, 1.807) is 0 Å². The van der Waals surface area contributed by atoms with Crippen LogP contribution in [-0.2, 0) is 4.79 Å². The first kappa shape index (κ1) is 6.99. The summed E-state index contributed by atoms with van der Waals surface area (Å²) in [4.78, 5) is 10.0. The van der Waals surface area contributed by atoms with E-state index < -0.39 is 11.9 Å². The number of terminal acetylenes is 1. The number of primary amides is 1. The second-order valence-electron chi connectivity index (χ2n) is 1.44. The number of rotatable bonds is 2. The average molecular weight is 112 g/mol. The molecule has 44 valence electrons. The Balaban J connectivity index is 3.43. The molecule has 0 aromatic rings. The molecule has 0 bridgehead atoms. The van der Waals surface area contributed by atoms with E-state index in [1.807, 2.05) is 0 Å². The Kier molecular flexibility index (Phi) is 2.67. The van der Waals surface area contributed by atoms with Crippen molar-refractivity contribution in [1.29, 1.82) is 0 Å². The average Bonchev–Trinajstić information content (AvgIpc) is 1.65. The maximum Gasteiger partial charge on any atom is 0.219 e. The molecule has 0 spiro atoms. The fraction of sp³-hybridized carbons (Fsp3) is 0.400. The maximum atomic E-state index is 10.0. The van der Waals surface area contributed by atoms with Gasteiger partial charge in [-0.1, -0.05) is 5.92 Å². The summed E-state index contributed by atoms with van der Waals surface area (Å²) in [6, 6.07) is -0.521. The zero-order valence-corrected chi connectivity index (χ0v) is 4.42. The zero-order valence-electron chi connectivity index (χ0n) is 4.42. The van der Waals surface area contributed by atoms with Gasteiger partial charge in [0.05, 0.1) is 12.5 Å². The Hall–Kier alpha value is -1.01. The highest BCUT2D eigenvalue weighted by molar-refractivity contribution is 5.74. The molecule has 0 aliphatic heterocycles. The molecule has 8 heavy (non-hydrogen) atoms. The second kappa shape index (κ2) is 3.05. The number of hydrogen-bond donors (Lipinski definition) is 2. The van der Waals surface area contributed by atoms with Gasteiger partial charge in [0.1, 0.15) is 0 Å². The van der Waals surface area contributed by atoms with Crippen molar-refractivity contribution in [2.24, 2.45) is 11.5 Å². The van der Waals surface area contributed by atoms with E-state index in [4.69, 9.17) is 17.9 Å². The molecule has 1 unspecified atom stereocenters. The molecule has 0 aliphatic rings. The fourth-order valence-corrected chi connectivity index (χ4v) is 0.276.